The van der Waals surface area contributed by atoms with Crippen molar-refractivity contribution in [3.63, 3.8) is 0 Å². The first-order valence-corrected chi connectivity index (χ1v) is 7.48. The lowest BCUT2D eigenvalue weighted by Gasteiger charge is -2.06. The van der Waals surface area contributed by atoms with E-state index in [0.29, 0.717) is 6.54 Å². The van der Waals surface area contributed by atoms with Crippen LogP contribution in [0.2, 0.25) is 0 Å². The van der Waals surface area contributed by atoms with Crippen LogP contribution in [0.25, 0.3) is 11.2 Å². The van der Waals surface area contributed by atoms with E-state index >= 15 is 0 Å². The van der Waals surface area contributed by atoms with Crippen molar-refractivity contribution >= 4 is 23.4 Å². The molecule has 1 N–H and O–H groups in total. The number of rotatable bonds is 3. The molecule has 3 heterocycles. The molecule has 0 unspecified atom stereocenters. The molecule has 0 saturated carbocycles. The highest BCUT2D eigenvalue weighted by Gasteiger charge is 2.17. The van der Waals surface area contributed by atoms with Crippen LogP contribution in [0.4, 0.5) is 0 Å². The van der Waals surface area contributed by atoms with Crippen molar-refractivity contribution in [3.05, 3.63) is 27.4 Å². The molecular formula is C14H20N6S. The first kappa shape index (κ1) is 14.1. The number of hydrogen-bond acceptors (Lipinski definition) is 3. The Morgan fingerprint density at radius 1 is 1.14 bits per heavy atom. The average Bonchev–Trinajstić information content (AvgIpc) is 2.99. The molecule has 0 amide bonds. The van der Waals surface area contributed by atoms with Gasteiger partial charge in [-0.25, -0.2) is 0 Å². The Bertz CT molecular complexity index is 876. The molecule has 0 aliphatic carbocycles. The lowest BCUT2D eigenvalue weighted by molar-refractivity contribution is 0.703. The number of nitrogens with one attached hydrogen (secondary N) is 1. The quantitative estimate of drug-likeness (QED) is 0.756. The fraction of sp³-hybridized carbons (Fsp3) is 0.500. The van der Waals surface area contributed by atoms with E-state index in [1.807, 2.05) is 30.4 Å². The highest BCUT2D eigenvalue weighted by molar-refractivity contribution is 7.71. The summed E-state index contributed by atoms with van der Waals surface area (Å²) in [6, 6.07) is 0. The third-order valence-electron chi connectivity index (χ3n) is 4.13. The van der Waals surface area contributed by atoms with Gasteiger partial charge in [0.1, 0.15) is 5.52 Å². The van der Waals surface area contributed by atoms with Crippen molar-refractivity contribution in [1.82, 2.24) is 29.1 Å². The summed E-state index contributed by atoms with van der Waals surface area (Å²) in [6.45, 7) is 6.94. The number of aryl methyl sites for hydroxylation is 4. The van der Waals surface area contributed by atoms with Gasteiger partial charge in [-0.1, -0.05) is 6.92 Å². The highest BCUT2D eigenvalue weighted by atomic mass is 32.1. The third-order valence-corrected chi connectivity index (χ3v) is 4.45. The zero-order valence-corrected chi connectivity index (χ0v) is 13.9. The van der Waals surface area contributed by atoms with Crippen LogP contribution in [-0.4, -0.2) is 29.1 Å². The second-order valence-corrected chi connectivity index (χ2v) is 5.80. The minimum Gasteiger partial charge on any atom is -0.328 e. The summed E-state index contributed by atoms with van der Waals surface area (Å²) < 4.78 is 6.66. The van der Waals surface area contributed by atoms with E-state index in [9.17, 15) is 0 Å². The van der Waals surface area contributed by atoms with Crippen LogP contribution < -0.4 is 0 Å². The molecule has 0 aliphatic heterocycles. The van der Waals surface area contributed by atoms with E-state index in [1.54, 1.807) is 0 Å². The Balaban J connectivity index is 2.19. The van der Waals surface area contributed by atoms with Crippen LogP contribution in [-0.2, 0) is 27.1 Å². The molecular weight excluding hydrogens is 284 g/mol. The summed E-state index contributed by atoms with van der Waals surface area (Å²) in [5, 5.41) is 9.04. The minimum atomic E-state index is 0.715. The van der Waals surface area contributed by atoms with E-state index in [1.165, 1.54) is 11.3 Å². The predicted octanol–water partition coefficient (Wildman–Crippen LogP) is 2.39. The highest BCUT2D eigenvalue weighted by Crippen LogP contribution is 2.21. The van der Waals surface area contributed by atoms with E-state index in [-0.39, 0.29) is 0 Å². The first-order chi connectivity index (χ1) is 9.93. The number of H-pyrrole nitrogens is 1. The van der Waals surface area contributed by atoms with E-state index in [2.05, 4.69) is 33.6 Å². The Morgan fingerprint density at radius 3 is 2.43 bits per heavy atom. The number of aromatic amines is 1. The number of nitrogens with zero attached hydrogens (tertiary/aromatic N) is 5. The summed E-state index contributed by atoms with van der Waals surface area (Å²) in [4.78, 5) is 3.30. The monoisotopic (exact) mass is 304 g/mol. The van der Waals surface area contributed by atoms with Gasteiger partial charge < -0.3 is 4.98 Å². The van der Waals surface area contributed by atoms with Crippen LogP contribution in [0.1, 0.15) is 29.6 Å². The number of hydrogen-bond donors (Lipinski definition) is 1. The van der Waals surface area contributed by atoms with Crippen LogP contribution in [0.15, 0.2) is 0 Å². The van der Waals surface area contributed by atoms with Crippen LogP contribution in [0.5, 0.6) is 0 Å². The van der Waals surface area contributed by atoms with Crippen molar-refractivity contribution < 1.29 is 0 Å². The smallest absolute Gasteiger partial charge is 0.179 e. The summed E-state index contributed by atoms with van der Waals surface area (Å²) in [5.74, 6) is 0. The number of aromatic nitrogens is 6. The lowest BCUT2D eigenvalue weighted by Crippen LogP contribution is -2.06. The molecule has 3 aromatic rings. The van der Waals surface area contributed by atoms with Crippen molar-refractivity contribution in [2.45, 2.75) is 33.7 Å². The Hall–Kier alpha value is -1.89. The van der Waals surface area contributed by atoms with Gasteiger partial charge in [0.25, 0.3) is 0 Å². The Kier molecular flexibility index (Phi) is 3.24. The van der Waals surface area contributed by atoms with Gasteiger partial charge in [0.2, 0.25) is 0 Å². The molecule has 6 nitrogen and oxygen atoms in total. The Labute approximate surface area is 128 Å². The molecule has 112 valence electrons. The van der Waals surface area contributed by atoms with Crippen LogP contribution >= 0.6 is 12.2 Å². The molecule has 0 saturated heterocycles. The fourth-order valence-electron chi connectivity index (χ4n) is 2.88. The maximum Gasteiger partial charge on any atom is 0.179 e. The van der Waals surface area contributed by atoms with Crippen LogP contribution in [0, 0.1) is 18.6 Å². The summed E-state index contributed by atoms with van der Waals surface area (Å²) in [7, 11) is 3.93. The molecule has 0 aliphatic rings. The molecule has 0 spiro atoms. The zero-order chi connectivity index (χ0) is 15.3. The van der Waals surface area contributed by atoms with Gasteiger partial charge in [-0.05, 0) is 32.5 Å². The average molecular weight is 304 g/mol. The van der Waals surface area contributed by atoms with Gasteiger partial charge in [0, 0.05) is 25.4 Å². The SMILES string of the molecule is CCc1nn(C)c2c1[nH]c(=S)n2Cc1c(C)nn(C)c1C. The van der Waals surface area contributed by atoms with Gasteiger partial charge in [0.05, 0.1) is 17.9 Å². The topological polar surface area (TPSA) is 56.4 Å². The van der Waals surface area contributed by atoms with Crippen LogP contribution in [0.3, 0.4) is 0 Å². The fourth-order valence-corrected chi connectivity index (χ4v) is 3.13. The summed E-state index contributed by atoms with van der Waals surface area (Å²) in [5.41, 5.74) is 6.57. The molecule has 0 bridgehead atoms. The summed E-state index contributed by atoms with van der Waals surface area (Å²) >= 11 is 5.51. The maximum atomic E-state index is 5.51. The van der Waals surface area contributed by atoms with E-state index < -0.39 is 0 Å². The van der Waals surface area contributed by atoms with Gasteiger partial charge >= 0.3 is 0 Å². The zero-order valence-electron chi connectivity index (χ0n) is 13.1. The number of fused-ring (bicyclic) bond motifs is 1. The second-order valence-electron chi connectivity index (χ2n) is 5.41. The maximum absolute atomic E-state index is 5.51. The van der Waals surface area contributed by atoms with Gasteiger partial charge in [0.15, 0.2) is 10.4 Å². The molecule has 0 fully saturated rings. The largest absolute Gasteiger partial charge is 0.328 e. The first-order valence-electron chi connectivity index (χ1n) is 7.07. The van der Waals surface area contributed by atoms with Crippen molar-refractivity contribution in [2.24, 2.45) is 14.1 Å². The van der Waals surface area contributed by atoms with Gasteiger partial charge in [-0.15, -0.1) is 0 Å². The molecule has 0 aromatic carbocycles. The molecule has 3 aromatic heterocycles. The third kappa shape index (κ3) is 2.03. The molecule has 21 heavy (non-hydrogen) atoms. The van der Waals surface area contributed by atoms with Gasteiger partial charge in [-0.2, -0.15) is 10.2 Å². The molecule has 0 atom stereocenters. The van der Waals surface area contributed by atoms with Crippen molar-refractivity contribution in [2.75, 3.05) is 0 Å². The second kappa shape index (κ2) is 4.84. The van der Waals surface area contributed by atoms with Crippen molar-refractivity contribution in [1.29, 1.82) is 0 Å². The van der Waals surface area contributed by atoms with Gasteiger partial charge in [-0.3, -0.25) is 13.9 Å². The van der Waals surface area contributed by atoms with Crippen molar-refractivity contribution in [3.8, 4) is 0 Å². The molecule has 0 radical (unpaired) electrons. The lowest BCUT2D eigenvalue weighted by atomic mass is 10.2. The predicted molar refractivity (Wildman–Crippen MR) is 85.1 cm³/mol. The minimum absolute atomic E-state index is 0.715. The van der Waals surface area contributed by atoms with E-state index in [0.717, 1.165) is 33.7 Å². The number of imidazole rings is 1. The molecule has 7 heteroatoms. The Morgan fingerprint density at radius 2 is 1.86 bits per heavy atom. The van der Waals surface area contributed by atoms with E-state index in [4.69, 9.17) is 12.2 Å². The summed E-state index contributed by atoms with van der Waals surface area (Å²) in [6.07, 6.45) is 0.886. The standard InChI is InChI=1S/C14H20N6S/c1-6-11-12-13(19(5)17-11)20(14(21)15-12)7-10-8(2)16-18(4)9(10)3/h6-7H2,1-5H3,(H,15,21). The molecule has 3 rings (SSSR count). The normalized spacial score (nSPS) is 11.7.